The van der Waals surface area contributed by atoms with Gasteiger partial charge in [0.2, 0.25) is 17.8 Å². The molecule has 210 valence electrons. The van der Waals surface area contributed by atoms with Crippen LogP contribution in [-0.2, 0) is 9.53 Å². The summed E-state index contributed by atoms with van der Waals surface area (Å²) < 4.78 is 49.6. The van der Waals surface area contributed by atoms with E-state index < -0.39 is 23.1 Å². The van der Waals surface area contributed by atoms with Crippen LogP contribution < -0.4 is 10.6 Å². The highest BCUT2D eigenvalue weighted by atomic mass is 19.1. The first kappa shape index (κ1) is 27.2. The molecule has 3 aromatic rings. The Hall–Kier alpha value is -3.41. The number of amides is 1. The maximum atomic E-state index is 14.4. The van der Waals surface area contributed by atoms with Crippen molar-refractivity contribution in [3.8, 4) is 0 Å². The smallest absolute Gasteiger partial charge is 0.225 e. The average molecular weight is 546 g/mol. The van der Waals surface area contributed by atoms with Gasteiger partial charge in [-0.3, -0.25) is 9.36 Å². The summed E-state index contributed by atoms with van der Waals surface area (Å²) in [5.41, 5.74) is 0.447. The number of ether oxygens (including phenoxy) is 1. The quantitative estimate of drug-likeness (QED) is 0.383. The van der Waals surface area contributed by atoms with Crippen LogP contribution in [0.3, 0.4) is 0 Å². The zero-order chi connectivity index (χ0) is 27.5. The van der Waals surface area contributed by atoms with Gasteiger partial charge >= 0.3 is 0 Å². The van der Waals surface area contributed by atoms with Crippen LogP contribution in [0.2, 0.25) is 0 Å². The predicted molar refractivity (Wildman–Crippen MR) is 141 cm³/mol. The zero-order valence-corrected chi connectivity index (χ0v) is 22.2. The molecule has 39 heavy (non-hydrogen) atoms. The van der Waals surface area contributed by atoms with Gasteiger partial charge in [0.15, 0.2) is 17.3 Å². The van der Waals surface area contributed by atoms with Crippen LogP contribution in [0, 0.1) is 23.4 Å². The van der Waals surface area contributed by atoms with Gasteiger partial charge in [0.05, 0.1) is 18.8 Å². The largest absolute Gasteiger partial charge is 0.379 e. The summed E-state index contributed by atoms with van der Waals surface area (Å²) in [6, 6.07) is 1.20. The molecule has 1 atom stereocenters. The Balaban J connectivity index is 1.35. The van der Waals surface area contributed by atoms with Crippen LogP contribution in [0.25, 0.3) is 11.2 Å². The van der Waals surface area contributed by atoms with Gasteiger partial charge in [0.1, 0.15) is 17.0 Å². The van der Waals surface area contributed by atoms with Gasteiger partial charge in [0, 0.05) is 43.8 Å². The molecule has 5 rings (SSSR count). The van der Waals surface area contributed by atoms with Crippen molar-refractivity contribution >= 4 is 34.7 Å². The van der Waals surface area contributed by atoms with E-state index in [2.05, 4.69) is 27.5 Å². The molecular weight excluding hydrogens is 511 g/mol. The number of rotatable bonds is 9. The summed E-state index contributed by atoms with van der Waals surface area (Å²) >= 11 is 0. The van der Waals surface area contributed by atoms with E-state index in [0.29, 0.717) is 48.9 Å². The lowest BCUT2D eigenvalue weighted by Gasteiger charge is -2.32. The number of carbonyl (C=O) groups is 1. The molecular formula is C27H34F3N7O2. The summed E-state index contributed by atoms with van der Waals surface area (Å²) in [4.78, 5) is 28.4. The Morgan fingerprint density at radius 2 is 1.85 bits per heavy atom. The monoisotopic (exact) mass is 545 g/mol. The van der Waals surface area contributed by atoms with Crippen molar-refractivity contribution < 1.29 is 22.7 Å². The number of fused-ring (bicyclic) bond motifs is 1. The number of anilines is 3. The van der Waals surface area contributed by atoms with E-state index in [0.717, 1.165) is 45.2 Å². The minimum Gasteiger partial charge on any atom is -0.379 e. The molecule has 2 N–H and O–H groups in total. The SMILES string of the molecule is CCCN(CC)C(=O)[C@H]1CC[C@H](Nc2ncc3nc(Nc4c(F)cc(F)cc4F)n([C@H]4CCOC4)c3n2)CC1. The van der Waals surface area contributed by atoms with E-state index in [9.17, 15) is 18.0 Å². The van der Waals surface area contributed by atoms with Crippen molar-refractivity contribution in [2.45, 2.75) is 64.5 Å². The molecule has 12 heteroatoms. The fourth-order valence-electron chi connectivity index (χ4n) is 5.51. The molecule has 2 fully saturated rings. The first-order valence-electron chi connectivity index (χ1n) is 13.7. The number of hydrogen-bond donors (Lipinski definition) is 2. The second-order valence-electron chi connectivity index (χ2n) is 10.2. The highest BCUT2D eigenvalue weighted by Crippen LogP contribution is 2.33. The van der Waals surface area contributed by atoms with Gasteiger partial charge < -0.3 is 20.3 Å². The summed E-state index contributed by atoms with van der Waals surface area (Å²) in [6.07, 6.45) is 6.45. The van der Waals surface area contributed by atoms with Crippen LogP contribution in [0.1, 0.15) is 58.4 Å². The molecule has 1 saturated heterocycles. The fourth-order valence-corrected chi connectivity index (χ4v) is 5.51. The van der Waals surface area contributed by atoms with Crippen molar-refractivity contribution in [3.05, 3.63) is 35.8 Å². The predicted octanol–water partition coefficient (Wildman–Crippen LogP) is 5.18. The number of hydrogen-bond acceptors (Lipinski definition) is 7. The lowest BCUT2D eigenvalue weighted by atomic mass is 9.85. The Morgan fingerprint density at radius 1 is 1.10 bits per heavy atom. The number of carbonyl (C=O) groups excluding carboxylic acids is 1. The van der Waals surface area contributed by atoms with Crippen molar-refractivity contribution in [2.24, 2.45) is 5.92 Å². The van der Waals surface area contributed by atoms with Gasteiger partial charge in [-0.1, -0.05) is 6.92 Å². The number of nitrogens with zero attached hydrogens (tertiary/aromatic N) is 5. The molecule has 2 aromatic heterocycles. The van der Waals surface area contributed by atoms with E-state index in [1.54, 1.807) is 10.8 Å². The van der Waals surface area contributed by atoms with Crippen LogP contribution in [-0.4, -0.2) is 62.7 Å². The maximum absolute atomic E-state index is 14.4. The fraction of sp³-hybridized carbons (Fsp3) is 0.556. The van der Waals surface area contributed by atoms with E-state index >= 15 is 0 Å². The lowest BCUT2D eigenvalue weighted by Crippen LogP contribution is -2.39. The lowest BCUT2D eigenvalue weighted by molar-refractivity contribution is -0.136. The van der Waals surface area contributed by atoms with Crippen LogP contribution in [0.4, 0.5) is 30.8 Å². The number of benzene rings is 1. The first-order chi connectivity index (χ1) is 18.9. The van der Waals surface area contributed by atoms with Crippen molar-refractivity contribution in [3.63, 3.8) is 0 Å². The summed E-state index contributed by atoms with van der Waals surface area (Å²) in [6.45, 7) is 6.55. The van der Waals surface area contributed by atoms with E-state index in [1.165, 1.54) is 0 Å². The third-order valence-corrected chi connectivity index (χ3v) is 7.54. The van der Waals surface area contributed by atoms with Crippen molar-refractivity contribution in [2.75, 3.05) is 36.9 Å². The third kappa shape index (κ3) is 5.80. The Kier molecular flexibility index (Phi) is 8.20. The first-order valence-corrected chi connectivity index (χ1v) is 13.7. The Morgan fingerprint density at radius 3 is 2.49 bits per heavy atom. The second kappa shape index (κ2) is 11.8. The average Bonchev–Trinajstić information content (AvgIpc) is 3.57. The molecule has 1 amide bonds. The molecule has 9 nitrogen and oxygen atoms in total. The second-order valence-corrected chi connectivity index (χ2v) is 10.2. The topological polar surface area (TPSA) is 97.2 Å². The van der Waals surface area contributed by atoms with Crippen molar-refractivity contribution in [1.29, 1.82) is 0 Å². The van der Waals surface area contributed by atoms with E-state index in [4.69, 9.17) is 9.72 Å². The van der Waals surface area contributed by atoms with E-state index in [1.807, 2.05) is 11.8 Å². The molecule has 3 heterocycles. The van der Waals surface area contributed by atoms with Gasteiger partial charge in [-0.25, -0.2) is 23.1 Å². The maximum Gasteiger partial charge on any atom is 0.225 e. The Bertz CT molecular complexity index is 1300. The van der Waals surface area contributed by atoms with E-state index in [-0.39, 0.29) is 29.9 Å². The minimum atomic E-state index is -1.06. The third-order valence-electron chi connectivity index (χ3n) is 7.54. The number of aromatic nitrogens is 4. The molecule has 1 aliphatic heterocycles. The molecule has 0 bridgehead atoms. The highest BCUT2D eigenvalue weighted by Gasteiger charge is 2.30. The molecule has 0 unspecified atom stereocenters. The Labute approximate surface area is 225 Å². The number of imidazole rings is 1. The summed E-state index contributed by atoms with van der Waals surface area (Å²) in [5.74, 6) is -2.25. The molecule has 1 saturated carbocycles. The molecule has 2 aliphatic rings. The van der Waals surface area contributed by atoms with Gasteiger partial charge in [-0.2, -0.15) is 4.98 Å². The molecule has 0 spiro atoms. The zero-order valence-electron chi connectivity index (χ0n) is 22.2. The van der Waals surface area contributed by atoms with Crippen LogP contribution in [0.5, 0.6) is 0 Å². The van der Waals surface area contributed by atoms with Gasteiger partial charge in [0.25, 0.3) is 0 Å². The molecule has 0 radical (unpaired) electrons. The normalized spacial score (nSPS) is 21.3. The van der Waals surface area contributed by atoms with Crippen LogP contribution in [0.15, 0.2) is 18.3 Å². The van der Waals surface area contributed by atoms with Gasteiger partial charge in [-0.15, -0.1) is 0 Å². The number of halogens is 3. The minimum absolute atomic E-state index is 0.0441. The standard InChI is InChI=1S/C27H34F3N7O2/c1-3-10-36(4-2)25(38)16-5-7-18(8-6-16)32-26-31-14-22-24(35-26)37(19-9-11-39-15-19)27(33-22)34-23-20(29)12-17(28)13-21(23)30/h12-14,16,18-19H,3-11,15H2,1-2H3,(H,33,34)(H,31,32,35)/t16-,18-,19-/m0/s1. The molecule has 1 aromatic carbocycles. The van der Waals surface area contributed by atoms with Gasteiger partial charge in [-0.05, 0) is 45.4 Å². The molecule has 1 aliphatic carbocycles. The summed E-state index contributed by atoms with van der Waals surface area (Å²) in [7, 11) is 0. The number of nitrogens with one attached hydrogen (secondary N) is 2. The summed E-state index contributed by atoms with van der Waals surface area (Å²) in [5, 5.41) is 6.10. The van der Waals surface area contributed by atoms with Crippen LogP contribution >= 0.6 is 0 Å². The van der Waals surface area contributed by atoms with Crippen molar-refractivity contribution in [1.82, 2.24) is 24.4 Å². The highest BCUT2D eigenvalue weighted by molar-refractivity contribution is 5.79.